The smallest absolute Gasteiger partial charge is 0.317 e. The number of hydrogen-bond acceptors (Lipinski definition) is 8. The van der Waals surface area contributed by atoms with E-state index in [-0.39, 0.29) is 31.4 Å². The number of carbonyl (C=O) groups is 3. The number of aliphatic carboxylic acids is 1. The van der Waals surface area contributed by atoms with Crippen molar-refractivity contribution >= 4 is 17.8 Å². The molecule has 0 saturated heterocycles. The summed E-state index contributed by atoms with van der Waals surface area (Å²) in [5.74, 6) is -1.07. The molecule has 3 N–H and O–H groups in total. The molecule has 31 heavy (non-hydrogen) atoms. The summed E-state index contributed by atoms with van der Waals surface area (Å²) in [5.41, 5.74) is 0. The van der Waals surface area contributed by atoms with E-state index in [0.29, 0.717) is 65.6 Å². The fourth-order valence-corrected chi connectivity index (χ4v) is 2.83. The Morgan fingerprint density at radius 2 is 1.10 bits per heavy atom. The van der Waals surface area contributed by atoms with Crippen molar-refractivity contribution in [3.63, 3.8) is 0 Å². The van der Waals surface area contributed by atoms with Crippen LogP contribution in [0.1, 0.15) is 13.8 Å². The molecule has 2 amide bonds. The number of hydrogen-bond donors (Lipinski definition) is 3. The minimum Gasteiger partial charge on any atom is -0.480 e. The maximum Gasteiger partial charge on any atom is 0.317 e. The molecule has 0 radical (unpaired) electrons. The molecule has 11 heteroatoms. The van der Waals surface area contributed by atoms with Crippen LogP contribution in [0, 0.1) is 0 Å². The van der Waals surface area contributed by atoms with Crippen LogP contribution in [-0.4, -0.2) is 137 Å². The number of ether oxygens (including phenoxy) is 2. The summed E-state index contributed by atoms with van der Waals surface area (Å²) in [4.78, 5) is 41.0. The minimum absolute atomic E-state index is 0.0830. The van der Waals surface area contributed by atoms with Crippen LogP contribution < -0.4 is 10.6 Å². The second kappa shape index (κ2) is 18.9. The van der Waals surface area contributed by atoms with Gasteiger partial charge in [0.25, 0.3) is 0 Å². The standard InChI is InChI=1S/C20H41N5O6/c1-5-23(15-18(26)21-7-13-30-3)9-11-25(17-20(28)29)12-10-24(6-2)16-19(27)22-8-14-31-4/h5-17H2,1-4H3,(H,21,26)(H,22,27)(H,28,29). The highest BCUT2D eigenvalue weighted by molar-refractivity contribution is 5.78. The zero-order chi connectivity index (χ0) is 23.5. The summed E-state index contributed by atoms with van der Waals surface area (Å²) in [6.07, 6.45) is 0. The summed E-state index contributed by atoms with van der Waals surface area (Å²) in [6, 6.07) is 0. The number of amides is 2. The molecule has 0 aliphatic rings. The summed E-state index contributed by atoms with van der Waals surface area (Å²) < 4.78 is 9.84. The Hall–Kier alpha value is -1.79. The van der Waals surface area contributed by atoms with Crippen molar-refractivity contribution in [2.75, 3.05) is 99.4 Å². The van der Waals surface area contributed by atoms with E-state index in [1.54, 1.807) is 14.2 Å². The number of rotatable bonds is 20. The molecule has 0 aromatic carbocycles. The van der Waals surface area contributed by atoms with Gasteiger partial charge in [-0.1, -0.05) is 13.8 Å². The van der Waals surface area contributed by atoms with Crippen LogP contribution in [-0.2, 0) is 23.9 Å². The molecule has 0 saturated carbocycles. The van der Waals surface area contributed by atoms with E-state index in [9.17, 15) is 19.5 Å². The van der Waals surface area contributed by atoms with E-state index in [0.717, 1.165) is 0 Å². The van der Waals surface area contributed by atoms with Crippen LogP contribution >= 0.6 is 0 Å². The summed E-state index contributed by atoms with van der Waals surface area (Å²) >= 11 is 0. The van der Waals surface area contributed by atoms with Crippen LogP contribution in [0.5, 0.6) is 0 Å². The first-order valence-corrected chi connectivity index (χ1v) is 10.8. The van der Waals surface area contributed by atoms with Crippen LogP contribution in [0.4, 0.5) is 0 Å². The van der Waals surface area contributed by atoms with Gasteiger partial charge >= 0.3 is 5.97 Å². The first-order chi connectivity index (χ1) is 14.9. The monoisotopic (exact) mass is 447 g/mol. The van der Waals surface area contributed by atoms with Gasteiger partial charge in [-0.05, 0) is 13.1 Å². The van der Waals surface area contributed by atoms with Crippen LogP contribution in [0.25, 0.3) is 0 Å². The molecule has 0 aliphatic carbocycles. The highest BCUT2D eigenvalue weighted by Gasteiger charge is 2.16. The number of nitrogens with one attached hydrogen (secondary N) is 2. The molecule has 0 aromatic heterocycles. The quantitative estimate of drug-likeness (QED) is 0.192. The zero-order valence-electron chi connectivity index (χ0n) is 19.5. The second-order valence-electron chi connectivity index (χ2n) is 7.09. The van der Waals surface area contributed by atoms with Gasteiger partial charge in [0, 0.05) is 53.5 Å². The Morgan fingerprint density at radius 1 is 0.710 bits per heavy atom. The SMILES string of the molecule is CCN(CCN(CCN(CC)CC(=O)NCCOC)CC(=O)O)CC(=O)NCCOC. The summed E-state index contributed by atoms with van der Waals surface area (Å²) in [5, 5.41) is 14.8. The lowest BCUT2D eigenvalue weighted by Crippen LogP contribution is -2.45. The third-order valence-electron chi connectivity index (χ3n) is 4.71. The maximum absolute atomic E-state index is 12.0. The molecule has 0 spiro atoms. The van der Waals surface area contributed by atoms with E-state index in [2.05, 4.69) is 10.6 Å². The lowest BCUT2D eigenvalue weighted by Gasteiger charge is -2.28. The first-order valence-electron chi connectivity index (χ1n) is 10.8. The molecule has 11 nitrogen and oxygen atoms in total. The van der Waals surface area contributed by atoms with Crippen molar-refractivity contribution in [2.24, 2.45) is 0 Å². The normalized spacial score (nSPS) is 11.3. The van der Waals surface area contributed by atoms with Crippen molar-refractivity contribution < 1.29 is 29.0 Å². The van der Waals surface area contributed by atoms with Gasteiger partial charge in [0.15, 0.2) is 0 Å². The van der Waals surface area contributed by atoms with Crippen molar-refractivity contribution in [1.82, 2.24) is 25.3 Å². The zero-order valence-corrected chi connectivity index (χ0v) is 19.5. The fraction of sp³-hybridized carbons (Fsp3) is 0.850. The van der Waals surface area contributed by atoms with E-state index in [4.69, 9.17) is 9.47 Å². The van der Waals surface area contributed by atoms with Crippen molar-refractivity contribution in [3.05, 3.63) is 0 Å². The molecule has 0 aromatic rings. The van der Waals surface area contributed by atoms with Gasteiger partial charge in [0.2, 0.25) is 11.8 Å². The Balaban J connectivity index is 4.54. The predicted molar refractivity (Wildman–Crippen MR) is 118 cm³/mol. The summed E-state index contributed by atoms with van der Waals surface area (Å²) in [6.45, 7) is 9.74. The van der Waals surface area contributed by atoms with Gasteiger partial charge < -0.3 is 25.2 Å². The molecule has 0 atom stereocenters. The van der Waals surface area contributed by atoms with Gasteiger partial charge in [0.05, 0.1) is 32.8 Å². The number of carboxylic acids is 1. The lowest BCUT2D eigenvalue weighted by atomic mass is 10.3. The Kier molecular flexibility index (Phi) is 17.8. The molecular weight excluding hydrogens is 406 g/mol. The highest BCUT2D eigenvalue weighted by atomic mass is 16.5. The minimum atomic E-state index is -0.902. The van der Waals surface area contributed by atoms with Crippen LogP contribution in [0.15, 0.2) is 0 Å². The van der Waals surface area contributed by atoms with Gasteiger partial charge in [-0.15, -0.1) is 0 Å². The van der Waals surface area contributed by atoms with Gasteiger partial charge in [0.1, 0.15) is 0 Å². The van der Waals surface area contributed by atoms with Gasteiger partial charge in [-0.3, -0.25) is 29.1 Å². The maximum atomic E-state index is 12.0. The molecule has 0 fully saturated rings. The largest absolute Gasteiger partial charge is 0.480 e. The Bertz CT molecular complexity index is 472. The molecule has 0 aliphatic heterocycles. The number of methoxy groups -OCH3 is 2. The van der Waals surface area contributed by atoms with Gasteiger partial charge in [-0.2, -0.15) is 0 Å². The molecule has 182 valence electrons. The molecule has 0 bridgehead atoms. The van der Waals surface area contributed by atoms with Crippen LogP contribution in [0.3, 0.4) is 0 Å². The molecule has 0 rings (SSSR count). The van der Waals surface area contributed by atoms with Crippen molar-refractivity contribution in [3.8, 4) is 0 Å². The topological polar surface area (TPSA) is 124 Å². The van der Waals surface area contributed by atoms with E-state index in [1.807, 2.05) is 28.5 Å². The predicted octanol–water partition coefficient (Wildman–Crippen LogP) is -1.46. The molecule has 0 unspecified atom stereocenters. The summed E-state index contributed by atoms with van der Waals surface area (Å²) in [7, 11) is 3.16. The van der Waals surface area contributed by atoms with E-state index >= 15 is 0 Å². The number of carbonyl (C=O) groups excluding carboxylic acids is 2. The van der Waals surface area contributed by atoms with Gasteiger partial charge in [-0.25, -0.2) is 0 Å². The number of likely N-dealkylation sites (N-methyl/N-ethyl adjacent to an activating group) is 2. The number of carboxylic acid groups (broad SMARTS) is 1. The average Bonchev–Trinajstić information content (AvgIpc) is 2.73. The molecule has 0 heterocycles. The van der Waals surface area contributed by atoms with E-state index < -0.39 is 5.97 Å². The fourth-order valence-electron chi connectivity index (χ4n) is 2.83. The Morgan fingerprint density at radius 3 is 1.42 bits per heavy atom. The first kappa shape index (κ1) is 29.2. The van der Waals surface area contributed by atoms with Crippen molar-refractivity contribution in [1.29, 1.82) is 0 Å². The third kappa shape index (κ3) is 16.6. The van der Waals surface area contributed by atoms with E-state index in [1.165, 1.54) is 0 Å². The Labute approximate surface area is 186 Å². The third-order valence-corrected chi connectivity index (χ3v) is 4.71. The average molecular weight is 448 g/mol. The number of nitrogens with zero attached hydrogens (tertiary/aromatic N) is 3. The highest BCUT2D eigenvalue weighted by Crippen LogP contribution is 1.96. The molecular formula is C20H41N5O6. The van der Waals surface area contributed by atoms with Crippen LogP contribution in [0.2, 0.25) is 0 Å². The lowest BCUT2D eigenvalue weighted by molar-refractivity contribution is -0.138. The van der Waals surface area contributed by atoms with Crippen molar-refractivity contribution in [2.45, 2.75) is 13.8 Å². The second-order valence-corrected chi connectivity index (χ2v) is 7.09.